The Morgan fingerprint density at radius 1 is 0.944 bits per heavy atom. The van der Waals surface area contributed by atoms with Crippen molar-refractivity contribution in [1.82, 2.24) is 5.32 Å². The molecule has 1 amide bonds. The van der Waals surface area contributed by atoms with E-state index in [-0.39, 0.29) is 5.91 Å². The number of alkyl halides is 1. The van der Waals surface area contributed by atoms with Gasteiger partial charge in [-0.25, -0.2) is 0 Å². The second kappa shape index (κ2) is 5.36. The first kappa shape index (κ1) is 12.8. The fraction of sp³-hybridized carbons (Fsp3) is 0.133. The van der Waals surface area contributed by atoms with Gasteiger partial charge in [-0.15, -0.1) is 0 Å². The van der Waals surface area contributed by atoms with Gasteiger partial charge in [0.05, 0.1) is 0 Å². The Balaban J connectivity index is 2.59. The van der Waals surface area contributed by atoms with E-state index < -0.39 is 4.32 Å². The molecule has 0 spiro atoms. The average molecular weight is 304 g/mol. The highest BCUT2D eigenvalue weighted by Crippen LogP contribution is 2.38. The minimum atomic E-state index is -0.843. The maximum absolute atomic E-state index is 12.3. The Morgan fingerprint density at radius 2 is 1.33 bits per heavy atom. The Bertz CT molecular complexity index is 485. The predicted octanol–water partition coefficient (Wildman–Crippen LogP) is 3.07. The predicted molar refractivity (Wildman–Crippen MR) is 76.7 cm³/mol. The van der Waals surface area contributed by atoms with Gasteiger partial charge in [-0.05, 0) is 11.1 Å². The van der Waals surface area contributed by atoms with Crippen LogP contribution in [0.15, 0.2) is 60.7 Å². The van der Waals surface area contributed by atoms with Crippen LogP contribution >= 0.6 is 15.9 Å². The lowest BCUT2D eigenvalue weighted by molar-refractivity contribution is -0.122. The van der Waals surface area contributed by atoms with E-state index in [0.29, 0.717) is 0 Å². The van der Waals surface area contributed by atoms with E-state index in [2.05, 4.69) is 21.2 Å². The summed E-state index contributed by atoms with van der Waals surface area (Å²) in [5.41, 5.74) is 1.83. The molecule has 3 heteroatoms. The second-order valence-electron chi connectivity index (χ2n) is 3.97. The highest BCUT2D eigenvalue weighted by atomic mass is 79.9. The number of carbonyl (C=O) groups is 1. The smallest absolute Gasteiger partial charge is 0.245 e. The van der Waals surface area contributed by atoms with Crippen LogP contribution in [0.5, 0.6) is 0 Å². The molecule has 18 heavy (non-hydrogen) atoms. The van der Waals surface area contributed by atoms with Crippen LogP contribution in [0.4, 0.5) is 0 Å². The average Bonchev–Trinajstić information content (AvgIpc) is 2.47. The van der Waals surface area contributed by atoms with Crippen molar-refractivity contribution in [3.05, 3.63) is 71.8 Å². The van der Waals surface area contributed by atoms with Gasteiger partial charge >= 0.3 is 0 Å². The first-order valence-electron chi connectivity index (χ1n) is 5.71. The van der Waals surface area contributed by atoms with Crippen LogP contribution in [0.3, 0.4) is 0 Å². The van der Waals surface area contributed by atoms with Crippen LogP contribution in [-0.2, 0) is 9.12 Å². The maximum Gasteiger partial charge on any atom is 0.245 e. The summed E-state index contributed by atoms with van der Waals surface area (Å²) < 4.78 is -0.843. The summed E-state index contributed by atoms with van der Waals surface area (Å²) in [6, 6.07) is 19.3. The number of likely N-dealkylation sites (N-methyl/N-ethyl adjacent to an activating group) is 1. The summed E-state index contributed by atoms with van der Waals surface area (Å²) in [6.07, 6.45) is 0. The number of hydrogen-bond donors (Lipinski definition) is 1. The number of halogens is 1. The third-order valence-corrected chi connectivity index (χ3v) is 4.16. The summed E-state index contributed by atoms with van der Waals surface area (Å²) in [7, 11) is 1.64. The van der Waals surface area contributed by atoms with Crippen molar-refractivity contribution in [2.45, 2.75) is 4.32 Å². The highest BCUT2D eigenvalue weighted by Gasteiger charge is 2.38. The molecule has 0 saturated carbocycles. The summed E-state index contributed by atoms with van der Waals surface area (Å²) >= 11 is 3.62. The van der Waals surface area contributed by atoms with Crippen molar-refractivity contribution >= 4 is 21.8 Å². The van der Waals surface area contributed by atoms with Crippen LogP contribution in [0.2, 0.25) is 0 Å². The SMILES string of the molecule is CNC(=O)C(Br)(c1ccccc1)c1ccccc1. The van der Waals surface area contributed by atoms with Crippen molar-refractivity contribution < 1.29 is 4.79 Å². The molecule has 0 heterocycles. The molecule has 0 radical (unpaired) electrons. The van der Waals surface area contributed by atoms with Gasteiger partial charge < -0.3 is 5.32 Å². The van der Waals surface area contributed by atoms with Gasteiger partial charge in [0.2, 0.25) is 5.91 Å². The molecule has 2 aromatic carbocycles. The summed E-state index contributed by atoms with van der Waals surface area (Å²) in [5.74, 6) is -0.0834. The lowest BCUT2D eigenvalue weighted by Gasteiger charge is -2.26. The molecule has 0 saturated heterocycles. The van der Waals surface area contributed by atoms with Gasteiger partial charge in [-0.3, -0.25) is 4.79 Å². The van der Waals surface area contributed by atoms with E-state index in [0.717, 1.165) is 11.1 Å². The molecule has 0 fully saturated rings. The van der Waals surface area contributed by atoms with E-state index in [1.165, 1.54) is 0 Å². The van der Waals surface area contributed by atoms with E-state index in [1.54, 1.807) is 7.05 Å². The maximum atomic E-state index is 12.3. The van der Waals surface area contributed by atoms with E-state index in [9.17, 15) is 4.79 Å². The van der Waals surface area contributed by atoms with E-state index in [1.807, 2.05) is 60.7 Å². The molecule has 0 aliphatic carbocycles. The number of amides is 1. The molecule has 0 bridgehead atoms. The zero-order chi connectivity index (χ0) is 13.0. The van der Waals surface area contributed by atoms with Crippen LogP contribution in [-0.4, -0.2) is 13.0 Å². The molecular weight excluding hydrogens is 290 g/mol. The van der Waals surface area contributed by atoms with Gasteiger partial charge in [0.25, 0.3) is 0 Å². The fourth-order valence-electron chi connectivity index (χ4n) is 1.94. The first-order valence-corrected chi connectivity index (χ1v) is 6.51. The molecule has 2 nitrogen and oxygen atoms in total. The molecule has 0 atom stereocenters. The van der Waals surface area contributed by atoms with Gasteiger partial charge in [0.15, 0.2) is 4.32 Å². The Morgan fingerprint density at radius 3 is 1.67 bits per heavy atom. The van der Waals surface area contributed by atoms with E-state index >= 15 is 0 Å². The third-order valence-electron chi connectivity index (χ3n) is 2.88. The number of hydrogen-bond acceptors (Lipinski definition) is 1. The zero-order valence-electron chi connectivity index (χ0n) is 10.1. The van der Waals surface area contributed by atoms with Crippen molar-refractivity contribution in [2.24, 2.45) is 0 Å². The number of rotatable bonds is 3. The van der Waals surface area contributed by atoms with E-state index in [4.69, 9.17) is 0 Å². The molecule has 0 unspecified atom stereocenters. The number of nitrogens with one attached hydrogen (secondary N) is 1. The second-order valence-corrected chi connectivity index (χ2v) is 5.16. The number of benzene rings is 2. The Labute approximate surface area is 115 Å². The van der Waals surface area contributed by atoms with Crippen LogP contribution < -0.4 is 5.32 Å². The first-order chi connectivity index (χ1) is 8.69. The van der Waals surface area contributed by atoms with Crippen molar-refractivity contribution in [1.29, 1.82) is 0 Å². The molecular formula is C15H14BrNO. The van der Waals surface area contributed by atoms with Crippen LogP contribution in [0, 0.1) is 0 Å². The zero-order valence-corrected chi connectivity index (χ0v) is 11.6. The lowest BCUT2D eigenvalue weighted by Crippen LogP contribution is -2.39. The standard InChI is InChI=1S/C15H14BrNO/c1-17-14(18)15(16,12-8-4-2-5-9-12)13-10-6-3-7-11-13/h2-11H,1H3,(H,17,18). The van der Waals surface area contributed by atoms with Gasteiger partial charge in [0, 0.05) is 7.05 Å². The topological polar surface area (TPSA) is 29.1 Å². The molecule has 0 aromatic heterocycles. The summed E-state index contributed by atoms with van der Waals surface area (Å²) in [6.45, 7) is 0. The van der Waals surface area contributed by atoms with Crippen molar-refractivity contribution in [3.8, 4) is 0 Å². The lowest BCUT2D eigenvalue weighted by atomic mass is 9.90. The van der Waals surface area contributed by atoms with Crippen LogP contribution in [0.25, 0.3) is 0 Å². The minimum Gasteiger partial charge on any atom is -0.357 e. The van der Waals surface area contributed by atoms with Gasteiger partial charge in [-0.2, -0.15) is 0 Å². The van der Waals surface area contributed by atoms with Gasteiger partial charge in [-0.1, -0.05) is 76.6 Å². The molecule has 2 rings (SSSR count). The highest BCUT2D eigenvalue weighted by molar-refractivity contribution is 9.10. The normalized spacial score (nSPS) is 11.0. The third kappa shape index (κ3) is 2.18. The largest absolute Gasteiger partial charge is 0.357 e. The summed E-state index contributed by atoms with van der Waals surface area (Å²) in [4.78, 5) is 12.3. The molecule has 0 aliphatic heterocycles. The van der Waals surface area contributed by atoms with Crippen molar-refractivity contribution in [2.75, 3.05) is 7.05 Å². The van der Waals surface area contributed by atoms with Crippen molar-refractivity contribution in [3.63, 3.8) is 0 Å². The molecule has 92 valence electrons. The number of carbonyl (C=O) groups excluding carboxylic acids is 1. The van der Waals surface area contributed by atoms with Crippen LogP contribution in [0.1, 0.15) is 11.1 Å². The molecule has 1 N–H and O–H groups in total. The quantitative estimate of drug-likeness (QED) is 0.868. The fourth-order valence-corrected chi connectivity index (χ4v) is 2.66. The van der Waals surface area contributed by atoms with Gasteiger partial charge in [0.1, 0.15) is 0 Å². The molecule has 0 aliphatic rings. The summed E-state index contributed by atoms with van der Waals surface area (Å²) in [5, 5.41) is 2.72. The molecule has 2 aromatic rings. The monoisotopic (exact) mass is 303 g/mol. The Hall–Kier alpha value is -1.61. The minimum absolute atomic E-state index is 0.0834. The Kier molecular flexibility index (Phi) is 3.82.